The summed E-state index contributed by atoms with van der Waals surface area (Å²) in [6.07, 6.45) is 5.85. The molecular formula is C13H24OS. The minimum absolute atomic E-state index is 0.152. The standard InChI is InChI=1S/C11H20OS.C2H4/c1-4-11(5-2)9-13-8-6-7-10(3)12;1-2/h4-5,10,12H,1,6-9H2,2-3H3;1-2H2/b11-5+;. The van der Waals surface area contributed by atoms with Gasteiger partial charge in [0.1, 0.15) is 0 Å². The molecular weight excluding hydrogens is 204 g/mol. The summed E-state index contributed by atoms with van der Waals surface area (Å²) >= 11 is 1.90. The van der Waals surface area contributed by atoms with Gasteiger partial charge in [0.15, 0.2) is 0 Å². The summed E-state index contributed by atoms with van der Waals surface area (Å²) in [5.41, 5.74) is 1.29. The largest absolute Gasteiger partial charge is 0.393 e. The molecule has 0 heterocycles. The second-order valence-corrected chi connectivity index (χ2v) is 4.22. The summed E-state index contributed by atoms with van der Waals surface area (Å²) in [6.45, 7) is 13.6. The lowest BCUT2D eigenvalue weighted by Crippen LogP contribution is -1.99. The average molecular weight is 228 g/mol. The number of hydrogen-bond acceptors (Lipinski definition) is 2. The number of thioether (sulfide) groups is 1. The smallest absolute Gasteiger partial charge is 0.0512 e. The fraction of sp³-hybridized carbons (Fsp3) is 0.538. The zero-order valence-electron chi connectivity index (χ0n) is 10.0. The van der Waals surface area contributed by atoms with Crippen LogP contribution in [0.15, 0.2) is 37.5 Å². The van der Waals surface area contributed by atoms with Crippen molar-refractivity contribution >= 4 is 11.8 Å². The summed E-state index contributed by atoms with van der Waals surface area (Å²) in [6, 6.07) is 0. The molecule has 0 aromatic carbocycles. The lowest BCUT2D eigenvalue weighted by Gasteiger charge is -2.04. The Bertz CT molecular complexity index is 173. The van der Waals surface area contributed by atoms with E-state index in [-0.39, 0.29) is 6.10 Å². The zero-order chi connectivity index (χ0) is 12.1. The third-order valence-electron chi connectivity index (χ3n) is 1.81. The maximum absolute atomic E-state index is 9.02. The molecule has 0 bridgehead atoms. The van der Waals surface area contributed by atoms with E-state index < -0.39 is 0 Å². The molecule has 0 aromatic rings. The van der Waals surface area contributed by atoms with Crippen molar-refractivity contribution < 1.29 is 5.11 Å². The van der Waals surface area contributed by atoms with Crippen molar-refractivity contribution in [3.8, 4) is 0 Å². The van der Waals surface area contributed by atoms with Crippen LogP contribution in [0, 0.1) is 0 Å². The van der Waals surface area contributed by atoms with Gasteiger partial charge in [-0.05, 0) is 38.0 Å². The molecule has 0 spiro atoms. The van der Waals surface area contributed by atoms with Crippen LogP contribution in [0.25, 0.3) is 0 Å². The predicted octanol–water partition coefficient (Wildman–Crippen LogP) is 3.82. The summed E-state index contributed by atoms with van der Waals surface area (Å²) in [5, 5.41) is 9.02. The molecule has 0 aromatic heterocycles. The van der Waals surface area contributed by atoms with Crippen LogP contribution in [0.4, 0.5) is 0 Å². The molecule has 1 N–H and O–H groups in total. The van der Waals surface area contributed by atoms with Crippen LogP contribution in [-0.2, 0) is 0 Å². The van der Waals surface area contributed by atoms with E-state index in [0.29, 0.717) is 0 Å². The molecule has 1 atom stereocenters. The van der Waals surface area contributed by atoms with Gasteiger partial charge in [0.05, 0.1) is 6.10 Å². The highest BCUT2D eigenvalue weighted by molar-refractivity contribution is 7.99. The van der Waals surface area contributed by atoms with Crippen LogP contribution >= 0.6 is 11.8 Å². The van der Waals surface area contributed by atoms with Gasteiger partial charge >= 0.3 is 0 Å². The van der Waals surface area contributed by atoms with E-state index in [1.807, 2.05) is 31.7 Å². The Labute approximate surface area is 99.0 Å². The lowest BCUT2D eigenvalue weighted by molar-refractivity contribution is 0.184. The summed E-state index contributed by atoms with van der Waals surface area (Å²) in [5.74, 6) is 2.16. The number of aliphatic hydroxyl groups excluding tert-OH is 1. The van der Waals surface area contributed by atoms with Gasteiger partial charge in [-0.1, -0.05) is 18.7 Å². The van der Waals surface area contributed by atoms with E-state index >= 15 is 0 Å². The maximum atomic E-state index is 9.02. The molecule has 0 fully saturated rings. The van der Waals surface area contributed by atoms with Crippen LogP contribution < -0.4 is 0 Å². The minimum atomic E-state index is -0.152. The fourth-order valence-corrected chi connectivity index (χ4v) is 1.97. The molecule has 1 nitrogen and oxygen atoms in total. The van der Waals surface area contributed by atoms with Gasteiger partial charge in [0.25, 0.3) is 0 Å². The highest BCUT2D eigenvalue weighted by Gasteiger charge is 1.96. The second kappa shape index (κ2) is 13.5. The van der Waals surface area contributed by atoms with Crippen LogP contribution in [0.3, 0.4) is 0 Å². The van der Waals surface area contributed by atoms with Gasteiger partial charge in [0.2, 0.25) is 0 Å². The van der Waals surface area contributed by atoms with Crippen LogP contribution in [0.5, 0.6) is 0 Å². The highest BCUT2D eigenvalue weighted by atomic mass is 32.2. The van der Waals surface area contributed by atoms with E-state index in [1.54, 1.807) is 0 Å². The predicted molar refractivity (Wildman–Crippen MR) is 73.4 cm³/mol. The second-order valence-electron chi connectivity index (χ2n) is 3.11. The van der Waals surface area contributed by atoms with Crippen LogP contribution in [-0.4, -0.2) is 22.7 Å². The molecule has 88 valence electrons. The van der Waals surface area contributed by atoms with Gasteiger partial charge in [-0.2, -0.15) is 11.8 Å². The van der Waals surface area contributed by atoms with Crippen LogP contribution in [0.1, 0.15) is 26.7 Å². The van der Waals surface area contributed by atoms with E-state index in [9.17, 15) is 0 Å². The first kappa shape index (κ1) is 16.9. The van der Waals surface area contributed by atoms with Gasteiger partial charge in [-0.25, -0.2) is 0 Å². The van der Waals surface area contributed by atoms with Gasteiger partial charge < -0.3 is 5.11 Å². The molecule has 0 aliphatic heterocycles. The Kier molecular flexibility index (Phi) is 15.3. The molecule has 2 heteroatoms. The van der Waals surface area contributed by atoms with E-state index in [0.717, 1.165) is 24.3 Å². The highest BCUT2D eigenvalue weighted by Crippen LogP contribution is 2.11. The van der Waals surface area contributed by atoms with Gasteiger partial charge in [-0.15, -0.1) is 13.2 Å². The van der Waals surface area contributed by atoms with Crippen molar-refractivity contribution in [2.24, 2.45) is 0 Å². The number of hydrogen-bond donors (Lipinski definition) is 1. The first-order valence-electron chi connectivity index (χ1n) is 5.24. The molecule has 0 saturated carbocycles. The van der Waals surface area contributed by atoms with Gasteiger partial charge in [0, 0.05) is 5.75 Å². The van der Waals surface area contributed by atoms with Crippen molar-refractivity contribution in [1.29, 1.82) is 0 Å². The minimum Gasteiger partial charge on any atom is -0.393 e. The Morgan fingerprint density at radius 2 is 2.07 bits per heavy atom. The van der Waals surface area contributed by atoms with E-state index in [1.165, 1.54) is 5.57 Å². The molecule has 1 unspecified atom stereocenters. The monoisotopic (exact) mass is 228 g/mol. The Balaban J connectivity index is 0. The molecule has 0 saturated heterocycles. The number of aliphatic hydroxyl groups is 1. The first-order chi connectivity index (χ1) is 7.20. The van der Waals surface area contributed by atoms with Crippen molar-refractivity contribution in [2.75, 3.05) is 11.5 Å². The van der Waals surface area contributed by atoms with Crippen molar-refractivity contribution in [3.05, 3.63) is 37.5 Å². The summed E-state index contributed by atoms with van der Waals surface area (Å²) in [7, 11) is 0. The average Bonchev–Trinajstić information content (AvgIpc) is 2.26. The summed E-state index contributed by atoms with van der Waals surface area (Å²) in [4.78, 5) is 0. The third-order valence-corrected chi connectivity index (χ3v) is 2.93. The van der Waals surface area contributed by atoms with E-state index in [4.69, 9.17) is 5.11 Å². The quantitative estimate of drug-likeness (QED) is 0.406. The van der Waals surface area contributed by atoms with E-state index in [2.05, 4.69) is 25.8 Å². The SMILES string of the molecule is C=C.C=C/C(=C\C)CSCCCC(C)O. The number of allylic oxidation sites excluding steroid dienone is 2. The maximum Gasteiger partial charge on any atom is 0.0512 e. The Morgan fingerprint density at radius 3 is 2.47 bits per heavy atom. The fourth-order valence-electron chi connectivity index (χ4n) is 0.931. The Hall–Kier alpha value is -0.470. The van der Waals surface area contributed by atoms with Crippen LogP contribution in [0.2, 0.25) is 0 Å². The lowest BCUT2D eigenvalue weighted by atomic mass is 10.2. The summed E-state index contributed by atoms with van der Waals surface area (Å²) < 4.78 is 0. The topological polar surface area (TPSA) is 20.2 Å². The molecule has 0 aliphatic carbocycles. The molecule has 0 aliphatic rings. The molecule has 15 heavy (non-hydrogen) atoms. The van der Waals surface area contributed by atoms with Crippen molar-refractivity contribution in [3.63, 3.8) is 0 Å². The van der Waals surface area contributed by atoms with Crippen molar-refractivity contribution in [1.82, 2.24) is 0 Å². The van der Waals surface area contributed by atoms with Crippen molar-refractivity contribution in [2.45, 2.75) is 32.8 Å². The Morgan fingerprint density at radius 1 is 1.47 bits per heavy atom. The molecule has 0 amide bonds. The number of rotatable bonds is 7. The normalized spacial score (nSPS) is 12.6. The molecule has 0 rings (SSSR count). The third kappa shape index (κ3) is 13.5. The van der Waals surface area contributed by atoms with Gasteiger partial charge in [-0.3, -0.25) is 0 Å². The first-order valence-corrected chi connectivity index (χ1v) is 6.39. The molecule has 0 radical (unpaired) electrons. The zero-order valence-corrected chi connectivity index (χ0v) is 10.9.